The number of nitrogens with one attached hydrogen (secondary N) is 2. The second-order valence-electron chi connectivity index (χ2n) is 6.18. The third-order valence-corrected chi connectivity index (χ3v) is 4.28. The highest BCUT2D eigenvalue weighted by molar-refractivity contribution is 5.93. The number of aryl methyl sites for hydroxylation is 1. The van der Waals surface area contributed by atoms with E-state index >= 15 is 0 Å². The van der Waals surface area contributed by atoms with E-state index in [0.717, 1.165) is 5.76 Å². The van der Waals surface area contributed by atoms with Crippen molar-refractivity contribution in [1.82, 2.24) is 15.5 Å². The first-order chi connectivity index (χ1) is 13.9. The van der Waals surface area contributed by atoms with Crippen molar-refractivity contribution in [2.45, 2.75) is 13.3 Å². The van der Waals surface area contributed by atoms with Crippen LogP contribution in [0.1, 0.15) is 21.8 Å². The molecule has 2 aromatic heterocycles. The summed E-state index contributed by atoms with van der Waals surface area (Å²) in [6.07, 6.45) is 0.233. The van der Waals surface area contributed by atoms with E-state index in [1.165, 1.54) is 26.4 Å². The summed E-state index contributed by atoms with van der Waals surface area (Å²) in [5.74, 6) is 1.57. The molecule has 0 unspecified atom stereocenters. The molecule has 152 valence electrons. The van der Waals surface area contributed by atoms with Gasteiger partial charge in [0, 0.05) is 18.2 Å². The fraction of sp³-hybridized carbons (Fsp3) is 0.263. The van der Waals surface area contributed by atoms with Crippen LogP contribution < -0.4 is 14.8 Å². The van der Waals surface area contributed by atoms with Crippen LogP contribution in [0.5, 0.6) is 11.5 Å². The maximum Gasteiger partial charge on any atom is 0.276 e. The van der Waals surface area contributed by atoms with Crippen LogP contribution in [0.15, 0.2) is 34.7 Å². The molecule has 0 saturated carbocycles. The van der Waals surface area contributed by atoms with Crippen LogP contribution in [0.25, 0.3) is 11.5 Å². The molecule has 3 rings (SSSR count). The van der Waals surface area contributed by atoms with Gasteiger partial charge in [-0.1, -0.05) is 0 Å². The molecule has 29 heavy (non-hydrogen) atoms. The van der Waals surface area contributed by atoms with Crippen molar-refractivity contribution in [3.8, 4) is 23.0 Å². The Morgan fingerprint density at radius 3 is 2.59 bits per heavy atom. The molecule has 0 fully saturated rings. The number of rotatable bonds is 8. The number of nitro groups is 1. The number of hydrogen-bond acceptors (Lipinski definition) is 7. The molecule has 1 amide bonds. The molecule has 3 aromatic rings. The second kappa shape index (κ2) is 8.46. The zero-order valence-corrected chi connectivity index (χ0v) is 16.1. The Labute approximate surface area is 166 Å². The number of benzene rings is 1. The van der Waals surface area contributed by atoms with E-state index in [9.17, 15) is 14.9 Å². The fourth-order valence-electron chi connectivity index (χ4n) is 2.83. The molecule has 0 radical (unpaired) electrons. The summed E-state index contributed by atoms with van der Waals surface area (Å²) in [5.41, 5.74) is 1.09. The van der Waals surface area contributed by atoms with Gasteiger partial charge in [0.2, 0.25) is 0 Å². The van der Waals surface area contributed by atoms with E-state index in [2.05, 4.69) is 15.5 Å². The lowest BCUT2D eigenvalue weighted by atomic mass is 10.1. The third-order valence-electron chi connectivity index (χ3n) is 4.28. The predicted molar refractivity (Wildman–Crippen MR) is 103 cm³/mol. The Balaban J connectivity index is 1.67. The number of H-pyrrole nitrogens is 1. The van der Waals surface area contributed by atoms with Crippen LogP contribution in [0, 0.1) is 17.0 Å². The van der Waals surface area contributed by atoms with E-state index in [-0.39, 0.29) is 30.1 Å². The summed E-state index contributed by atoms with van der Waals surface area (Å²) in [5, 5.41) is 20.8. The molecule has 10 nitrogen and oxygen atoms in total. The maximum absolute atomic E-state index is 12.3. The molecule has 0 atom stereocenters. The first-order valence-electron chi connectivity index (χ1n) is 8.72. The standard InChI is InChI=1S/C19H20N4O6/c1-11-4-5-16(29-11)13-9-14(22-21-13)19(24)20-7-6-12-8-17(27-2)18(28-3)10-15(12)23(25)26/h4-5,8-10H,6-7H2,1-3H3,(H,20,24)(H,21,22). The maximum atomic E-state index is 12.3. The van der Waals surface area contributed by atoms with E-state index in [1.54, 1.807) is 12.1 Å². The smallest absolute Gasteiger partial charge is 0.276 e. The Morgan fingerprint density at radius 2 is 1.97 bits per heavy atom. The first-order valence-corrected chi connectivity index (χ1v) is 8.72. The number of amides is 1. The number of aromatic nitrogens is 2. The number of carbonyl (C=O) groups is 1. The average molecular weight is 400 g/mol. The van der Waals surface area contributed by atoms with Gasteiger partial charge in [0.05, 0.1) is 25.2 Å². The van der Waals surface area contributed by atoms with Crippen molar-refractivity contribution < 1.29 is 23.6 Å². The SMILES string of the molecule is COc1cc(CCNC(=O)c2cc(-c3ccc(C)o3)[nH]n2)c([N+](=O)[O-])cc1OC. The summed E-state index contributed by atoms with van der Waals surface area (Å²) < 4.78 is 15.8. The lowest BCUT2D eigenvalue weighted by molar-refractivity contribution is -0.385. The van der Waals surface area contributed by atoms with Crippen LogP contribution in [0.4, 0.5) is 5.69 Å². The molecule has 10 heteroatoms. The van der Waals surface area contributed by atoms with Crippen LogP contribution in [0.3, 0.4) is 0 Å². The van der Waals surface area contributed by atoms with Gasteiger partial charge < -0.3 is 19.2 Å². The molecular formula is C19H20N4O6. The van der Waals surface area contributed by atoms with Crippen molar-refractivity contribution >= 4 is 11.6 Å². The summed E-state index contributed by atoms with van der Waals surface area (Å²) in [4.78, 5) is 23.2. The minimum Gasteiger partial charge on any atom is -0.493 e. The third kappa shape index (κ3) is 4.37. The Hall–Kier alpha value is -3.82. The highest BCUT2D eigenvalue weighted by atomic mass is 16.6. The molecule has 0 aliphatic heterocycles. The van der Waals surface area contributed by atoms with Crippen molar-refractivity contribution in [3.05, 3.63) is 57.5 Å². The van der Waals surface area contributed by atoms with Crippen LogP contribution in [-0.4, -0.2) is 41.8 Å². The number of ether oxygens (including phenoxy) is 2. The van der Waals surface area contributed by atoms with Gasteiger partial charge in [-0.3, -0.25) is 20.0 Å². The van der Waals surface area contributed by atoms with Crippen molar-refractivity contribution in [2.75, 3.05) is 20.8 Å². The molecule has 0 aliphatic rings. The topological polar surface area (TPSA) is 133 Å². The first kappa shape index (κ1) is 19.9. The van der Waals surface area contributed by atoms with E-state index in [4.69, 9.17) is 13.9 Å². The van der Waals surface area contributed by atoms with Crippen LogP contribution >= 0.6 is 0 Å². The quantitative estimate of drug-likeness (QED) is 0.439. The lowest BCUT2D eigenvalue weighted by Gasteiger charge is -2.10. The number of aromatic amines is 1. The van der Waals surface area contributed by atoms with Gasteiger partial charge >= 0.3 is 0 Å². The van der Waals surface area contributed by atoms with Gasteiger partial charge in [0.1, 0.15) is 11.5 Å². The summed E-state index contributed by atoms with van der Waals surface area (Å²) in [7, 11) is 2.86. The van der Waals surface area contributed by atoms with Crippen molar-refractivity contribution in [3.63, 3.8) is 0 Å². The number of furan rings is 1. The zero-order valence-electron chi connectivity index (χ0n) is 16.1. The van der Waals surface area contributed by atoms with Gasteiger partial charge in [0.15, 0.2) is 23.0 Å². The van der Waals surface area contributed by atoms with Crippen LogP contribution in [0.2, 0.25) is 0 Å². The molecule has 0 spiro atoms. The van der Waals surface area contributed by atoms with Gasteiger partial charge in [-0.25, -0.2) is 0 Å². The van der Waals surface area contributed by atoms with Gasteiger partial charge in [0.25, 0.3) is 11.6 Å². The number of methoxy groups -OCH3 is 2. The minimum absolute atomic E-state index is 0.104. The molecular weight excluding hydrogens is 380 g/mol. The Bertz CT molecular complexity index is 1040. The highest BCUT2D eigenvalue weighted by Gasteiger charge is 2.20. The summed E-state index contributed by atoms with van der Waals surface area (Å²) in [6.45, 7) is 2.00. The molecule has 0 aliphatic carbocycles. The fourth-order valence-corrected chi connectivity index (χ4v) is 2.83. The van der Waals surface area contributed by atoms with E-state index in [1.807, 2.05) is 13.0 Å². The number of nitrogens with zero attached hydrogens (tertiary/aromatic N) is 2. The van der Waals surface area contributed by atoms with Crippen molar-refractivity contribution in [1.29, 1.82) is 0 Å². The average Bonchev–Trinajstić information content (AvgIpc) is 3.36. The lowest BCUT2D eigenvalue weighted by Crippen LogP contribution is -2.26. The Kier molecular flexibility index (Phi) is 5.82. The Morgan fingerprint density at radius 1 is 1.24 bits per heavy atom. The monoisotopic (exact) mass is 400 g/mol. The summed E-state index contributed by atoms with van der Waals surface area (Å²) >= 11 is 0. The second-order valence-corrected chi connectivity index (χ2v) is 6.18. The van der Waals surface area contributed by atoms with Crippen molar-refractivity contribution in [2.24, 2.45) is 0 Å². The van der Waals surface area contributed by atoms with Gasteiger partial charge in [-0.05, 0) is 31.5 Å². The molecule has 1 aromatic carbocycles. The normalized spacial score (nSPS) is 10.6. The molecule has 2 heterocycles. The zero-order chi connectivity index (χ0) is 21.0. The largest absolute Gasteiger partial charge is 0.493 e. The molecule has 0 bridgehead atoms. The van der Waals surface area contributed by atoms with Crippen LogP contribution in [-0.2, 0) is 6.42 Å². The predicted octanol–water partition coefficient (Wildman–Crippen LogP) is 2.88. The minimum atomic E-state index is -0.496. The van der Waals surface area contributed by atoms with Gasteiger partial charge in [-0.2, -0.15) is 5.10 Å². The molecule has 0 saturated heterocycles. The van der Waals surface area contributed by atoms with E-state index < -0.39 is 10.8 Å². The number of hydrogen-bond donors (Lipinski definition) is 2. The molecule has 2 N–H and O–H groups in total. The highest BCUT2D eigenvalue weighted by Crippen LogP contribution is 2.34. The number of carbonyl (C=O) groups excluding carboxylic acids is 1. The summed E-state index contributed by atoms with van der Waals surface area (Å²) in [6, 6.07) is 8.01. The van der Waals surface area contributed by atoms with Gasteiger partial charge in [-0.15, -0.1) is 0 Å². The van der Waals surface area contributed by atoms with E-state index in [0.29, 0.717) is 22.8 Å². The number of nitro benzene ring substituents is 1.